The molecule has 0 saturated carbocycles. The Bertz CT molecular complexity index is 1210. The van der Waals surface area contributed by atoms with Gasteiger partial charge in [0.05, 0.1) is 16.6 Å². The van der Waals surface area contributed by atoms with Gasteiger partial charge in [0, 0.05) is 26.9 Å². The van der Waals surface area contributed by atoms with Crippen LogP contribution in [0.15, 0.2) is 72.8 Å². The van der Waals surface area contributed by atoms with Gasteiger partial charge in [-0.05, 0) is 29.8 Å². The van der Waals surface area contributed by atoms with Gasteiger partial charge in [-0.1, -0.05) is 60.1 Å². The van der Waals surface area contributed by atoms with Crippen LogP contribution >= 0.6 is 11.6 Å². The molecule has 0 bridgehead atoms. The van der Waals surface area contributed by atoms with E-state index < -0.39 is 0 Å². The highest BCUT2D eigenvalue weighted by molar-refractivity contribution is 6.32. The van der Waals surface area contributed by atoms with Gasteiger partial charge in [0.1, 0.15) is 0 Å². The summed E-state index contributed by atoms with van der Waals surface area (Å²) in [4.78, 5) is 8.45. The van der Waals surface area contributed by atoms with E-state index in [0.717, 1.165) is 37.9 Å². The molecule has 3 aromatic carbocycles. The van der Waals surface area contributed by atoms with E-state index >= 15 is 0 Å². The highest BCUT2D eigenvalue weighted by Gasteiger charge is 2.15. The van der Waals surface area contributed by atoms with E-state index in [1.807, 2.05) is 30.3 Å². The van der Waals surface area contributed by atoms with Gasteiger partial charge in [-0.25, -0.2) is 4.98 Å². The highest BCUT2D eigenvalue weighted by atomic mass is 35.5. The standard InChI is InChI=1S/C21H13ClN2/c22-14-10-11-18-16(12-14)20-21(24-18)19(13-6-2-1-3-7-13)15-8-4-5-9-17(15)23-20/h1-12,24H. The summed E-state index contributed by atoms with van der Waals surface area (Å²) in [7, 11) is 0. The maximum atomic E-state index is 6.21. The fourth-order valence-electron chi connectivity index (χ4n) is 3.39. The summed E-state index contributed by atoms with van der Waals surface area (Å²) in [5.74, 6) is 0. The summed E-state index contributed by atoms with van der Waals surface area (Å²) in [5, 5.41) is 2.92. The monoisotopic (exact) mass is 328 g/mol. The summed E-state index contributed by atoms with van der Waals surface area (Å²) in [6, 6.07) is 24.6. The molecule has 1 N–H and O–H groups in total. The first kappa shape index (κ1) is 13.6. The van der Waals surface area contributed by atoms with Gasteiger partial charge in [-0.3, -0.25) is 0 Å². The molecule has 0 spiro atoms. The van der Waals surface area contributed by atoms with Crippen LogP contribution in [0.5, 0.6) is 0 Å². The van der Waals surface area contributed by atoms with E-state index in [0.29, 0.717) is 0 Å². The van der Waals surface area contributed by atoms with Gasteiger partial charge in [0.25, 0.3) is 0 Å². The molecular formula is C21H13ClN2. The third kappa shape index (κ3) is 1.93. The number of para-hydroxylation sites is 1. The second-order valence-electron chi connectivity index (χ2n) is 5.91. The first-order chi connectivity index (χ1) is 11.8. The lowest BCUT2D eigenvalue weighted by Crippen LogP contribution is -1.87. The van der Waals surface area contributed by atoms with Gasteiger partial charge in [-0.2, -0.15) is 0 Å². The Morgan fingerprint density at radius 3 is 2.46 bits per heavy atom. The number of rotatable bonds is 1. The Morgan fingerprint density at radius 2 is 1.58 bits per heavy atom. The van der Waals surface area contributed by atoms with Gasteiger partial charge in [-0.15, -0.1) is 0 Å². The van der Waals surface area contributed by atoms with Crippen molar-refractivity contribution in [1.82, 2.24) is 9.97 Å². The molecule has 0 amide bonds. The smallest absolute Gasteiger partial charge is 0.0972 e. The Kier molecular flexibility index (Phi) is 2.88. The maximum absolute atomic E-state index is 6.21. The molecule has 114 valence electrons. The van der Waals surface area contributed by atoms with E-state index in [4.69, 9.17) is 16.6 Å². The third-order valence-corrected chi connectivity index (χ3v) is 4.69. The second-order valence-corrected chi connectivity index (χ2v) is 6.34. The zero-order valence-corrected chi connectivity index (χ0v) is 13.5. The average molecular weight is 329 g/mol. The summed E-state index contributed by atoms with van der Waals surface area (Å²) < 4.78 is 0. The molecule has 0 atom stereocenters. The van der Waals surface area contributed by atoms with Crippen molar-refractivity contribution >= 4 is 44.4 Å². The number of hydrogen-bond acceptors (Lipinski definition) is 1. The minimum atomic E-state index is 0.722. The van der Waals surface area contributed by atoms with Crippen LogP contribution in [0.25, 0.3) is 44.0 Å². The molecule has 0 unspecified atom stereocenters. The van der Waals surface area contributed by atoms with Crippen LogP contribution < -0.4 is 0 Å². The van der Waals surface area contributed by atoms with Crippen molar-refractivity contribution in [3.8, 4) is 11.1 Å². The van der Waals surface area contributed by atoms with Gasteiger partial charge < -0.3 is 4.98 Å². The van der Waals surface area contributed by atoms with Crippen molar-refractivity contribution in [3.63, 3.8) is 0 Å². The van der Waals surface area contributed by atoms with E-state index in [-0.39, 0.29) is 0 Å². The maximum Gasteiger partial charge on any atom is 0.0972 e. The first-order valence-corrected chi connectivity index (χ1v) is 8.24. The lowest BCUT2D eigenvalue weighted by molar-refractivity contribution is 1.48. The summed E-state index contributed by atoms with van der Waals surface area (Å²) in [5.41, 5.74) is 6.42. The zero-order chi connectivity index (χ0) is 16.1. The Labute approximate surface area is 143 Å². The van der Waals surface area contributed by atoms with Gasteiger partial charge in [0.2, 0.25) is 0 Å². The summed E-state index contributed by atoms with van der Waals surface area (Å²) >= 11 is 6.21. The summed E-state index contributed by atoms with van der Waals surface area (Å²) in [6.07, 6.45) is 0. The molecule has 0 fully saturated rings. The van der Waals surface area contributed by atoms with Gasteiger partial charge >= 0.3 is 0 Å². The number of halogens is 1. The number of fused-ring (bicyclic) bond motifs is 4. The van der Waals surface area contributed by atoms with Crippen LogP contribution in [0, 0.1) is 0 Å². The molecule has 24 heavy (non-hydrogen) atoms. The van der Waals surface area contributed by atoms with Crippen LogP contribution in [-0.2, 0) is 0 Å². The number of benzene rings is 3. The second kappa shape index (κ2) is 5.08. The minimum Gasteiger partial charge on any atom is -0.353 e. The zero-order valence-electron chi connectivity index (χ0n) is 12.8. The topological polar surface area (TPSA) is 28.7 Å². The molecule has 0 aliphatic rings. The number of pyridine rings is 1. The fraction of sp³-hybridized carbons (Fsp3) is 0. The molecule has 2 heterocycles. The average Bonchev–Trinajstić information content (AvgIpc) is 2.98. The molecule has 2 nitrogen and oxygen atoms in total. The third-order valence-electron chi connectivity index (χ3n) is 4.45. The molecule has 5 aromatic rings. The van der Waals surface area contributed by atoms with Crippen molar-refractivity contribution < 1.29 is 0 Å². The van der Waals surface area contributed by atoms with E-state index in [2.05, 4.69) is 47.4 Å². The van der Waals surface area contributed by atoms with E-state index in [9.17, 15) is 0 Å². The minimum absolute atomic E-state index is 0.722. The van der Waals surface area contributed by atoms with Crippen LogP contribution in [0.4, 0.5) is 0 Å². The van der Waals surface area contributed by atoms with Crippen LogP contribution in [0.3, 0.4) is 0 Å². The number of aromatic nitrogens is 2. The predicted molar refractivity (Wildman–Crippen MR) is 102 cm³/mol. The molecule has 0 aliphatic heterocycles. The molecule has 0 aliphatic carbocycles. The largest absolute Gasteiger partial charge is 0.353 e. The van der Waals surface area contributed by atoms with E-state index in [1.54, 1.807) is 0 Å². The molecule has 2 aromatic heterocycles. The van der Waals surface area contributed by atoms with Crippen molar-refractivity contribution in [1.29, 1.82) is 0 Å². The first-order valence-electron chi connectivity index (χ1n) is 7.86. The van der Waals surface area contributed by atoms with E-state index in [1.165, 1.54) is 11.1 Å². The number of hydrogen-bond donors (Lipinski definition) is 1. The molecule has 3 heteroatoms. The van der Waals surface area contributed by atoms with Crippen LogP contribution in [0.1, 0.15) is 0 Å². The number of nitrogens with one attached hydrogen (secondary N) is 1. The number of aromatic amines is 1. The molecule has 5 rings (SSSR count). The summed E-state index contributed by atoms with van der Waals surface area (Å²) in [6.45, 7) is 0. The Balaban J connectivity index is 2.05. The number of nitrogens with zero attached hydrogens (tertiary/aromatic N) is 1. The van der Waals surface area contributed by atoms with Crippen molar-refractivity contribution in [2.75, 3.05) is 0 Å². The fourth-order valence-corrected chi connectivity index (χ4v) is 3.56. The molecule has 0 radical (unpaired) electrons. The normalized spacial score (nSPS) is 11.5. The Morgan fingerprint density at radius 1 is 0.792 bits per heavy atom. The lowest BCUT2D eigenvalue weighted by Gasteiger charge is -2.08. The van der Waals surface area contributed by atoms with Crippen molar-refractivity contribution in [2.45, 2.75) is 0 Å². The lowest BCUT2D eigenvalue weighted by atomic mass is 9.99. The van der Waals surface area contributed by atoms with Gasteiger partial charge in [0.15, 0.2) is 0 Å². The SMILES string of the molecule is Clc1ccc2[nH]c3c(-c4ccccc4)c4ccccc4nc3c2c1. The van der Waals surface area contributed by atoms with Crippen LogP contribution in [0.2, 0.25) is 5.02 Å². The quantitative estimate of drug-likeness (QED) is 0.390. The Hall–Kier alpha value is -2.84. The molecular weight excluding hydrogens is 316 g/mol. The highest BCUT2D eigenvalue weighted by Crippen LogP contribution is 2.37. The number of H-pyrrole nitrogens is 1. The predicted octanol–water partition coefficient (Wildman–Crippen LogP) is 6.19. The van der Waals surface area contributed by atoms with Crippen molar-refractivity contribution in [3.05, 3.63) is 77.8 Å². The van der Waals surface area contributed by atoms with Crippen LogP contribution in [-0.4, -0.2) is 9.97 Å². The van der Waals surface area contributed by atoms with Crippen molar-refractivity contribution in [2.24, 2.45) is 0 Å². The molecule has 0 saturated heterocycles.